The summed E-state index contributed by atoms with van der Waals surface area (Å²) in [5, 5.41) is 3.51. The van der Waals surface area contributed by atoms with E-state index < -0.39 is 0 Å². The zero-order valence-electron chi connectivity index (χ0n) is 17.4. The first kappa shape index (κ1) is 18.0. The molecule has 5 heteroatoms. The Labute approximate surface area is 171 Å². The fourth-order valence-electron chi connectivity index (χ4n) is 4.69. The average molecular weight is 386 g/mol. The molecule has 0 spiro atoms. The van der Waals surface area contributed by atoms with Crippen molar-refractivity contribution in [1.29, 1.82) is 0 Å². The van der Waals surface area contributed by atoms with Crippen molar-refractivity contribution in [3.63, 3.8) is 0 Å². The number of nitrogens with one attached hydrogen (secondary N) is 1. The van der Waals surface area contributed by atoms with Crippen molar-refractivity contribution in [2.45, 2.75) is 32.7 Å². The molecule has 5 rings (SSSR count). The molecule has 0 radical (unpaired) electrons. The van der Waals surface area contributed by atoms with Crippen molar-refractivity contribution in [2.75, 3.05) is 24.3 Å². The lowest BCUT2D eigenvalue weighted by molar-refractivity contribution is -0.118. The lowest BCUT2D eigenvalue weighted by Gasteiger charge is -2.39. The summed E-state index contributed by atoms with van der Waals surface area (Å²) < 4.78 is 2.19. The number of benzene rings is 2. The summed E-state index contributed by atoms with van der Waals surface area (Å²) in [6, 6.07) is 16.5. The molecule has 2 aliphatic rings. The first-order valence-corrected chi connectivity index (χ1v) is 10.1. The van der Waals surface area contributed by atoms with Crippen molar-refractivity contribution in [3.8, 4) is 0 Å². The highest BCUT2D eigenvalue weighted by atomic mass is 16.1. The van der Waals surface area contributed by atoms with E-state index in [1.165, 1.54) is 0 Å². The first-order chi connectivity index (χ1) is 13.8. The van der Waals surface area contributed by atoms with Gasteiger partial charge in [0, 0.05) is 37.5 Å². The number of aromatic nitrogens is 2. The number of ketones is 1. The summed E-state index contributed by atoms with van der Waals surface area (Å²) in [7, 11) is 4.07. The third kappa shape index (κ3) is 2.84. The van der Waals surface area contributed by atoms with Crippen LogP contribution in [-0.2, 0) is 4.79 Å². The minimum atomic E-state index is -0.159. The maximum atomic E-state index is 13.3. The van der Waals surface area contributed by atoms with Gasteiger partial charge >= 0.3 is 0 Å². The Morgan fingerprint density at radius 1 is 1.07 bits per heavy atom. The molecule has 0 fully saturated rings. The van der Waals surface area contributed by atoms with Gasteiger partial charge < -0.3 is 10.2 Å². The number of rotatable bonds is 2. The smallest absolute Gasteiger partial charge is 0.209 e. The molecule has 2 heterocycles. The molecule has 0 saturated carbocycles. The molecule has 1 aliphatic carbocycles. The normalized spacial score (nSPS) is 20.3. The van der Waals surface area contributed by atoms with Crippen LogP contribution in [0.4, 0.5) is 11.6 Å². The Bertz CT molecular complexity index is 1150. The van der Waals surface area contributed by atoms with Gasteiger partial charge in [0.05, 0.1) is 17.1 Å². The molecular formula is C24H26N4O. The molecule has 0 saturated heterocycles. The van der Waals surface area contributed by atoms with Gasteiger partial charge in [0.1, 0.15) is 0 Å². The average Bonchev–Trinajstić information content (AvgIpc) is 3.03. The van der Waals surface area contributed by atoms with Gasteiger partial charge in [-0.1, -0.05) is 38.1 Å². The minimum absolute atomic E-state index is 0.0452. The maximum Gasteiger partial charge on any atom is 0.209 e. The highest BCUT2D eigenvalue weighted by Gasteiger charge is 2.41. The van der Waals surface area contributed by atoms with Gasteiger partial charge in [0.15, 0.2) is 5.78 Å². The fourth-order valence-corrected chi connectivity index (χ4v) is 4.69. The molecule has 29 heavy (non-hydrogen) atoms. The lowest BCUT2D eigenvalue weighted by atomic mass is 9.73. The monoisotopic (exact) mass is 386 g/mol. The molecule has 1 N–H and O–H groups in total. The summed E-state index contributed by atoms with van der Waals surface area (Å²) in [6.45, 7) is 4.32. The number of carbonyl (C=O) groups excluding carboxylic acids is 1. The third-order valence-corrected chi connectivity index (χ3v) is 6.04. The second-order valence-electron chi connectivity index (χ2n) is 9.14. The molecule has 1 unspecified atom stereocenters. The quantitative estimate of drug-likeness (QED) is 0.690. The molecule has 3 aromatic rings. The van der Waals surface area contributed by atoms with Crippen LogP contribution in [0.25, 0.3) is 11.0 Å². The molecule has 1 atom stereocenters. The minimum Gasteiger partial charge on any atom is -0.378 e. The summed E-state index contributed by atoms with van der Waals surface area (Å²) in [6.07, 6.45) is 1.42. The van der Waals surface area contributed by atoms with E-state index in [-0.39, 0.29) is 17.2 Å². The van der Waals surface area contributed by atoms with Crippen LogP contribution in [0, 0.1) is 5.41 Å². The van der Waals surface area contributed by atoms with Crippen molar-refractivity contribution in [2.24, 2.45) is 5.41 Å². The second-order valence-corrected chi connectivity index (χ2v) is 9.14. The number of nitrogens with zero attached hydrogens (tertiary/aromatic N) is 3. The number of para-hydroxylation sites is 2. The van der Waals surface area contributed by atoms with Crippen molar-refractivity contribution in [1.82, 2.24) is 9.55 Å². The Kier molecular flexibility index (Phi) is 3.85. The van der Waals surface area contributed by atoms with Gasteiger partial charge in [0.25, 0.3) is 0 Å². The molecule has 2 aromatic carbocycles. The standard InChI is InChI=1S/C24H26N4O/c1-24(2)13-18-21(20(29)14-24)22(15-9-11-16(12-10-15)27(3)4)28-19-8-6-5-7-17(19)25-23(28)26-18/h5-12,22H,13-14H2,1-4H3,(H,25,26). The number of hydrogen-bond donors (Lipinski definition) is 1. The van der Waals surface area contributed by atoms with Crippen LogP contribution in [-0.4, -0.2) is 29.4 Å². The van der Waals surface area contributed by atoms with Crippen molar-refractivity contribution in [3.05, 3.63) is 65.4 Å². The molecule has 0 bridgehead atoms. The van der Waals surface area contributed by atoms with Gasteiger partial charge in [-0.15, -0.1) is 0 Å². The van der Waals surface area contributed by atoms with Crippen LogP contribution in [0.2, 0.25) is 0 Å². The van der Waals surface area contributed by atoms with Crippen LogP contribution in [0.5, 0.6) is 0 Å². The van der Waals surface area contributed by atoms with E-state index in [9.17, 15) is 4.79 Å². The van der Waals surface area contributed by atoms with E-state index >= 15 is 0 Å². The number of Topliss-reactive ketones (excluding diaryl/α,β-unsaturated/α-hetero) is 1. The number of hydrogen-bond acceptors (Lipinski definition) is 4. The Balaban J connectivity index is 1.74. The van der Waals surface area contributed by atoms with E-state index in [0.29, 0.717) is 6.42 Å². The predicted molar refractivity (Wildman–Crippen MR) is 117 cm³/mol. The SMILES string of the molecule is CN(C)c1ccc(C2C3=C(CC(C)(C)CC3=O)Nc3nc4ccccc4n32)cc1. The molecule has 148 valence electrons. The van der Waals surface area contributed by atoms with Crippen LogP contribution in [0.1, 0.15) is 38.3 Å². The Hall–Kier alpha value is -3.08. The summed E-state index contributed by atoms with van der Waals surface area (Å²) in [4.78, 5) is 20.3. The Morgan fingerprint density at radius 2 is 1.79 bits per heavy atom. The predicted octanol–water partition coefficient (Wildman–Crippen LogP) is 4.76. The van der Waals surface area contributed by atoms with Crippen LogP contribution < -0.4 is 10.2 Å². The summed E-state index contributed by atoms with van der Waals surface area (Å²) in [5.74, 6) is 1.05. The van der Waals surface area contributed by atoms with Crippen LogP contribution in [0.3, 0.4) is 0 Å². The lowest BCUT2D eigenvalue weighted by Crippen LogP contribution is -2.36. The summed E-state index contributed by atoms with van der Waals surface area (Å²) in [5.41, 5.74) is 6.10. The van der Waals surface area contributed by atoms with Gasteiger partial charge in [-0.05, 0) is 41.7 Å². The number of allylic oxidation sites excluding steroid dienone is 2. The Morgan fingerprint density at radius 3 is 2.52 bits per heavy atom. The topological polar surface area (TPSA) is 50.2 Å². The zero-order chi connectivity index (χ0) is 20.3. The van der Waals surface area contributed by atoms with E-state index in [0.717, 1.165) is 45.9 Å². The molecule has 5 nitrogen and oxygen atoms in total. The highest BCUT2D eigenvalue weighted by Crippen LogP contribution is 2.47. The van der Waals surface area contributed by atoms with Gasteiger partial charge in [-0.2, -0.15) is 0 Å². The van der Waals surface area contributed by atoms with Crippen molar-refractivity contribution < 1.29 is 4.79 Å². The van der Waals surface area contributed by atoms with E-state index in [4.69, 9.17) is 4.98 Å². The molecule has 1 aromatic heterocycles. The zero-order valence-corrected chi connectivity index (χ0v) is 17.4. The highest BCUT2D eigenvalue weighted by molar-refractivity contribution is 6.00. The fraction of sp³-hybridized carbons (Fsp3) is 0.333. The first-order valence-electron chi connectivity index (χ1n) is 10.1. The largest absolute Gasteiger partial charge is 0.378 e. The van der Waals surface area contributed by atoms with Gasteiger partial charge in [-0.3, -0.25) is 9.36 Å². The number of fused-ring (bicyclic) bond motifs is 3. The third-order valence-electron chi connectivity index (χ3n) is 6.04. The van der Waals surface area contributed by atoms with E-state index in [2.05, 4.69) is 59.0 Å². The number of carbonyl (C=O) groups is 1. The second kappa shape index (κ2) is 6.21. The van der Waals surface area contributed by atoms with Crippen molar-refractivity contribution >= 4 is 28.5 Å². The van der Waals surface area contributed by atoms with Gasteiger partial charge in [-0.25, -0.2) is 4.98 Å². The van der Waals surface area contributed by atoms with E-state index in [1.54, 1.807) is 0 Å². The molecule has 0 amide bonds. The van der Waals surface area contributed by atoms with Crippen LogP contribution in [0.15, 0.2) is 59.8 Å². The molecule has 1 aliphatic heterocycles. The number of anilines is 2. The maximum absolute atomic E-state index is 13.3. The summed E-state index contributed by atoms with van der Waals surface area (Å²) >= 11 is 0. The van der Waals surface area contributed by atoms with E-state index in [1.807, 2.05) is 32.3 Å². The van der Waals surface area contributed by atoms with Gasteiger partial charge in [0.2, 0.25) is 5.95 Å². The number of imidazole rings is 1. The van der Waals surface area contributed by atoms with Crippen LogP contribution >= 0.6 is 0 Å². The molecular weight excluding hydrogens is 360 g/mol.